The van der Waals surface area contributed by atoms with Crippen molar-refractivity contribution in [2.75, 3.05) is 6.54 Å². The molecule has 132 valence electrons. The number of hydrogen-bond donors (Lipinski definition) is 0. The summed E-state index contributed by atoms with van der Waals surface area (Å²) in [5, 5.41) is 4.79. The van der Waals surface area contributed by atoms with Gasteiger partial charge in [-0.05, 0) is 48.9 Å². The maximum absolute atomic E-state index is 13.4. The number of pyridine rings is 1. The first-order chi connectivity index (χ1) is 12.5. The molecule has 5 nitrogen and oxygen atoms in total. The highest BCUT2D eigenvalue weighted by Gasteiger charge is 2.26. The molecule has 0 saturated carbocycles. The van der Waals surface area contributed by atoms with Gasteiger partial charge in [0.15, 0.2) is 0 Å². The van der Waals surface area contributed by atoms with Crippen LogP contribution in [-0.2, 0) is 17.9 Å². The van der Waals surface area contributed by atoms with E-state index < -0.39 is 0 Å². The number of rotatable bonds is 2. The van der Waals surface area contributed by atoms with Crippen LogP contribution >= 0.6 is 0 Å². The molecule has 2 aromatic heterocycles. The van der Waals surface area contributed by atoms with Crippen LogP contribution in [0.25, 0.3) is 22.4 Å². The van der Waals surface area contributed by atoms with Gasteiger partial charge >= 0.3 is 0 Å². The van der Waals surface area contributed by atoms with Gasteiger partial charge in [0.1, 0.15) is 11.5 Å². The lowest BCUT2D eigenvalue weighted by Crippen LogP contribution is -2.37. The monoisotopic (exact) mass is 350 g/mol. The summed E-state index contributed by atoms with van der Waals surface area (Å²) in [5.74, 6) is -0.223. The molecule has 0 fully saturated rings. The summed E-state index contributed by atoms with van der Waals surface area (Å²) < 4.78 is 15.3. The zero-order valence-corrected chi connectivity index (χ0v) is 14.7. The Morgan fingerprint density at radius 1 is 1.12 bits per heavy atom. The van der Waals surface area contributed by atoms with Crippen LogP contribution in [0.4, 0.5) is 4.39 Å². The predicted molar refractivity (Wildman–Crippen MR) is 96.7 cm³/mol. The SMILES string of the molecule is CC(=O)N1CCn2nc(-c3ccc(F)cc3)c(-c3ccnc(C)c3)c2C1. The molecular formula is C20H19FN4O. The summed E-state index contributed by atoms with van der Waals surface area (Å²) in [7, 11) is 0. The van der Waals surface area contributed by atoms with E-state index in [1.54, 1.807) is 25.3 Å². The lowest BCUT2D eigenvalue weighted by molar-refractivity contribution is -0.130. The molecule has 4 rings (SSSR count). The number of nitrogens with zero attached hydrogens (tertiary/aromatic N) is 4. The minimum Gasteiger partial charge on any atom is -0.335 e. The van der Waals surface area contributed by atoms with E-state index >= 15 is 0 Å². The summed E-state index contributed by atoms with van der Waals surface area (Å²) in [6.45, 7) is 5.33. The van der Waals surface area contributed by atoms with E-state index in [-0.39, 0.29) is 11.7 Å². The second-order valence-corrected chi connectivity index (χ2v) is 6.53. The molecule has 6 heteroatoms. The second-order valence-electron chi connectivity index (χ2n) is 6.53. The van der Waals surface area contributed by atoms with Gasteiger partial charge in [-0.2, -0.15) is 5.10 Å². The van der Waals surface area contributed by atoms with Crippen molar-refractivity contribution in [3.05, 3.63) is 59.8 Å². The van der Waals surface area contributed by atoms with Crippen molar-refractivity contribution >= 4 is 5.91 Å². The maximum Gasteiger partial charge on any atom is 0.219 e. The summed E-state index contributed by atoms with van der Waals surface area (Å²) in [6, 6.07) is 10.3. The van der Waals surface area contributed by atoms with Crippen LogP contribution in [0.3, 0.4) is 0 Å². The van der Waals surface area contributed by atoms with E-state index in [1.165, 1.54) is 12.1 Å². The van der Waals surface area contributed by atoms with Crippen molar-refractivity contribution in [3.8, 4) is 22.4 Å². The molecule has 0 N–H and O–H groups in total. The van der Waals surface area contributed by atoms with Crippen LogP contribution in [0.1, 0.15) is 18.3 Å². The molecule has 26 heavy (non-hydrogen) atoms. The molecule has 0 saturated heterocycles. The molecule has 1 aliphatic heterocycles. The first-order valence-corrected chi connectivity index (χ1v) is 8.57. The highest BCUT2D eigenvalue weighted by Crippen LogP contribution is 2.36. The van der Waals surface area contributed by atoms with E-state index in [0.717, 1.165) is 33.8 Å². The fraction of sp³-hybridized carbons (Fsp3) is 0.250. The smallest absolute Gasteiger partial charge is 0.219 e. The van der Waals surface area contributed by atoms with Crippen LogP contribution in [0, 0.1) is 12.7 Å². The lowest BCUT2D eigenvalue weighted by Gasteiger charge is -2.27. The number of halogens is 1. The molecule has 0 unspecified atom stereocenters. The Morgan fingerprint density at radius 3 is 2.58 bits per heavy atom. The minimum absolute atomic E-state index is 0.0534. The number of carbonyl (C=O) groups is 1. The number of benzene rings is 1. The van der Waals surface area contributed by atoms with Gasteiger partial charge in [0.05, 0.1) is 18.8 Å². The van der Waals surface area contributed by atoms with E-state index in [9.17, 15) is 9.18 Å². The number of aryl methyl sites for hydroxylation is 1. The Morgan fingerprint density at radius 2 is 1.88 bits per heavy atom. The van der Waals surface area contributed by atoms with Crippen molar-refractivity contribution in [2.45, 2.75) is 26.9 Å². The molecule has 1 aliphatic rings. The van der Waals surface area contributed by atoms with Crippen LogP contribution < -0.4 is 0 Å². The lowest BCUT2D eigenvalue weighted by atomic mass is 9.98. The standard InChI is InChI=1S/C20H19FN4O/c1-13-11-16(7-8-22-13)19-18-12-24(14(2)26)9-10-25(18)23-20(19)15-3-5-17(21)6-4-15/h3-8,11H,9-10,12H2,1-2H3. The molecule has 0 atom stereocenters. The molecular weight excluding hydrogens is 331 g/mol. The normalized spacial score (nSPS) is 13.6. The zero-order chi connectivity index (χ0) is 18.3. The topological polar surface area (TPSA) is 51.0 Å². The fourth-order valence-corrected chi connectivity index (χ4v) is 3.40. The maximum atomic E-state index is 13.4. The van der Waals surface area contributed by atoms with Crippen LogP contribution in [0.15, 0.2) is 42.6 Å². The first-order valence-electron chi connectivity index (χ1n) is 8.57. The average molecular weight is 350 g/mol. The van der Waals surface area contributed by atoms with Crippen molar-refractivity contribution in [3.63, 3.8) is 0 Å². The van der Waals surface area contributed by atoms with Gasteiger partial charge in [0.2, 0.25) is 5.91 Å². The van der Waals surface area contributed by atoms with E-state index in [1.807, 2.05) is 28.6 Å². The Labute approximate surface area is 151 Å². The van der Waals surface area contributed by atoms with Gasteiger partial charge in [-0.15, -0.1) is 0 Å². The summed E-state index contributed by atoms with van der Waals surface area (Å²) >= 11 is 0. The van der Waals surface area contributed by atoms with Gasteiger partial charge in [-0.1, -0.05) is 0 Å². The number of hydrogen-bond acceptors (Lipinski definition) is 3. The molecule has 3 heterocycles. The quantitative estimate of drug-likeness (QED) is 0.712. The van der Waals surface area contributed by atoms with Crippen LogP contribution in [0.5, 0.6) is 0 Å². The molecule has 1 aromatic carbocycles. The summed E-state index contributed by atoms with van der Waals surface area (Å²) in [5.41, 5.74) is 5.54. The van der Waals surface area contributed by atoms with Crippen molar-refractivity contribution < 1.29 is 9.18 Å². The molecule has 0 bridgehead atoms. The number of fused-ring (bicyclic) bond motifs is 1. The zero-order valence-electron chi connectivity index (χ0n) is 14.7. The van der Waals surface area contributed by atoms with Gasteiger partial charge in [0.25, 0.3) is 0 Å². The van der Waals surface area contributed by atoms with Crippen LogP contribution in [-0.4, -0.2) is 32.1 Å². The first kappa shape index (κ1) is 16.4. The van der Waals surface area contributed by atoms with Crippen LogP contribution in [0.2, 0.25) is 0 Å². The van der Waals surface area contributed by atoms with E-state index in [0.29, 0.717) is 19.6 Å². The molecule has 3 aromatic rings. The van der Waals surface area contributed by atoms with Crippen molar-refractivity contribution in [1.82, 2.24) is 19.7 Å². The second kappa shape index (κ2) is 6.37. The van der Waals surface area contributed by atoms with E-state index in [4.69, 9.17) is 5.10 Å². The predicted octanol–water partition coefficient (Wildman–Crippen LogP) is 3.42. The Kier molecular flexibility index (Phi) is 4.03. The van der Waals surface area contributed by atoms with Crippen molar-refractivity contribution in [1.29, 1.82) is 0 Å². The molecule has 0 radical (unpaired) electrons. The highest BCUT2D eigenvalue weighted by molar-refractivity contribution is 5.83. The number of carbonyl (C=O) groups excluding carboxylic acids is 1. The Hall–Kier alpha value is -3.02. The van der Waals surface area contributed by atoms with Gasteiger partial charge in [-0.3, -0.25) is 14.5 Å². The van der Waals surface area contributed by atoms with Gasteiger partial charge in [-0.25, -0.2) is 4.39 Å². The Balaban J connectivity index is 1.92. The third-order valence-corrected chi connectivity index (χ3v) is 4.73. The molecule has 1 amide bonds. The third-order valence-electron chi connectivity index (χ3n) is 4.73. The van der Waals surface area contributed by atoms with E-state index in [2.05, 4.69) is 4.98 Å². The third kappa shape index (κ3) is 2.87. The van der Waals surface area contributed by atoms with Crippen molar-refractivity contribution in [2.24, 2.45) is 0 Å². The summed E-state index contributed by atoms with van der Waals surface area (Å²) in [4.78, 5) is 18.0. The largest absolute Gasteiger partial charge is 0.335 e. The van der Waals surface area contributed by atoms with Gasteiger partial charge in [0, 0.05) is 36.5 Å². The Bertz CT molecular complexity index is 978. The fourth-order valence-electron chi connectivity index (χ4n) is 3.40. The summed E-state index contributed by atoms with van der Waals surface area (Å²) in [6.07, 6.45) is 1.77. The molecule has 0 spiro atoms. The minimum atomic E-state index is -0.276. The average Bonchev–Trinajstić information content (AvgIpc) is 3.00. The number of aromatic nitrogens is 3. The highest BCUT2D eigenvalue weighted by atomic mass is 19.1. The van der Waals surface area contributed by atoms with Gasteiger partial charge < -0.3 is 4.90 Å². The molecule has 0 aliphatic carbocycles. The number of amides is 1.